The normalized spacial score (nSPS) is 17.0. The molecular formula is C25H27N7O2. The Labute approximate surface area is 198 Å². The number of anilines is 4. The fourth-order valence-corrected chi connectivity index (χ4v) is 4.11. The van der Waals surface area contributed by atoms with Crippen molar-refractivity contribution >= 4 is 35.5 Å². The van der Waals surface area contributed by atoms with Crippen molar-refractivity contribution in [1.82, 2.24) is 20.3 Å². The Kier molecular flexibility index (Phi) is 6.09. The summed E-state index contributed by atoms with van der Waals surface area (Å²) in [6, 6.07) is 9.72. The van der Waals surface area contributed by atoms with Crippen LogP contribution in [0.4, 0.5) is 23.1 Å². The summed E-state index contributed by atoms with van der Waals surface area (Å²) in [5.41, 5.74) is 5.31. The van der Waals surface area contributed by atoms with E-state index in [2.05, 4.69) is 37.6 Å². The summed E-state index contributed by atoms with van der Waals surface area (Å²) >= 11 is 0. The number of carbonyl (C=O) groups is 1. The summed E-state index contributed by atoms with van der Waals surface area (Å²) in [6.45, 7) is 3.26. The number of morpholine rings is 1. The average Bonchev–Trinajstić information content (AvgIpc) is 2.89. The lowest BCUT2D eigenvalue weighted by Crippen LogP contribution is -2.36. The SMILES string of the molecule is CN(C)c1ncc(-c2cc3c(c(Nc4ccc(N5CCOCC5)cc4)n2)C(C=O)NC=C3)cn1. The van der Waals surface area contributed by atoms with E-state index in [1.165, 1.54) is 0 Å². The van der Waals surface area contributed by atoms with Crippen LogP contribution in [0.3, 0.4) is 0 Å². The van der Waals surface area contributed by atoms with E-state index in [4.69, 9.17) is 9.72 Å². The van der Waals surface area contributed by atoms with E-state index in [0.29, 0.717) is 11.8 Å². The quantitative estimate of drug-likeness (QED) is 0.542. The third-order valence-electron chi connectivity index (χ3n) is 5.92. The van der Waals surface area contributed by atoms with Crippen molar-refractivity contribution in [2.75, 3.05) is 55.5 Å². The maximum absolute atomic E-state index is 11.8. The first-order valence-corrected chi connectivity index (χ1v) is 11.2. The molecule has 2 aliphatic rings. The van der Waals surface area contributed by atoms with E-state index in [9.17, 15) is 4.79 Å². The van der Waals surface area contributed by atoms with Crippen LogP contribution in [0.25, 0.3) is 17.3 Å². The fraction of sp³-hybridized carbons (Fsp3) is 0.280. The molecule has 1 atom stereocenters. The number of pyridine rings is 1. The number of rotatable bonds is 6. The number of aldehydes is 1. The van der Waals surface area contributed by atoms with Crippen LogP contribution in [0.2, 0.25) is 0 Å². The first-order valence-electron chi connectivity index (χ1n) is 11.2. The lowest BCUT2D eigenvalue weighted by Gasteiger charge is -2.29. The Morgan fingerprint density at radius 2 is 1.88 bits per heavy atom. The topological polar surface area (TPSA) is 95.5 Å². The molecule has 3 aromatic rings. The van der Waals surface area contributed by atoms with E-state index in [0.717, 1.165) is 66.3 Å². The molecule has 34 heavy (non-hydrogen) atoms. The van der Waals surface area contributed by atoms with Gasteiger partial charge in [0.25, 0.3) is 0 Å². The van der Waals surface area contributed by atoms with Gasteiger partial charge in [0, 0.05) is 62.1 Å². The smallest absolute Gasteiger partial charge is 0.224 e. The number of benzene rings is 1. The van der Waals surface area contributed by atoms with Crippen molar-refractivity contribution in [3.8, 4) is 11.3 Å². The lowest BCUT2D eigenvalue weighted by atomic mass is 9.97. The zero-order chi connectivity index (χ0) is 23.5. The second kappa shape index (κ2) is 9.48. The van der Waals surface area contributed by atoms with Gasteiger partial charge in [-0.15, -0.1) is 0 Å². The van der Waals surface area contributed by atoms with Gasteiger partial charge in [0.05, 0.1) is 18.9 Å². The van der Waals surface area contributed by atoms with Crippen molar-refractivity contribution < 1.29 is 9.53 Å². The highest BCUT2D eigenvalue weighted by atomic mass is 16.5. The van der Waals surface area contributed by atoms with E-state index in [1.807, 2.05) is 43.3 Å². The highest BCUT2D eigenvalue weighted by Gasteiger charge is 2.23. The van der Waals surface area contributed by atoms with Gasteiger partial charge in [-0.2, -0.15) is 0 Å². The molecule has 0 spiro atoms. The molecule has 9 nitrogen and oxygen atoms in total. The van der Waals surface area contributed by atoms with E-state index < -0.39 is 6.04 Å². The number of fused-ring (bicyclic) bond motifs is 1. The first kappa shape index (κ1) is 21.8. The van der Waals surface area contributed by atoms with E-state index in [-0.39, 0.29) is 0 Å². The van der Waals surface area contributed by atoms with Crippen LogP contribution >= 0.6 is 0 Å². The molecule has 9 heteroatoms. The van der Waals surface area contributed by atoms with Crippen molar-refractivity contribution in [1.29, 1.82) is 0 Å². The molecule has 0 amide bonds. The summed E-state index contributed by atoms with van der Waals surface area (Å²) in [7, 11) is 3.80. The Morgan fingerprint density at radius 1 is 1.15 bits per heavy atom. The molecule has 1 saturated heterocycles. The van der Waals surface area contributed by atoms with Gasteiger partial charge in [0.15, 0.2) is 0 Å². The van der Waals surface area contributed by atoms with Crippen molar-refractivity contribution in [2.45, 2.75) is 6.04 Å². The van der Waals surface area contributed by atoms with Crippen LogP contribution in [-0.4, -0.2) is 61.6 Å². The van der Waals surface area contributed by atoms with Gasteiger partial charge in [-0.05, 0) is 48.2 Å². The summed E-state index contributed by atoms with van der Waals surface area (Å²) in [5, 5.41) is 6.54. The van der Waals surface area contributed by atoms with E-state index in [1.54, 1.807) is 18.6 Å². The Balaban J connectivity index is 1.49. The number of ether oxygens (including phenoxy) is 1. The number of nitrogens with one attached hydrogen (secondary N) is 2. The molecule has 2 aliphatic heterocycles. The lowest BCUT2D eigenvalue weighted by molar-refractivity contribution is -0.109. The molecule has 5 rings (SSSR count). The molecule has 4 heterocycles. The number of carbonyl (C=O) groups excluding carboxylic acids is 1. The van der Waals surface area contributed by atoms with Crippen LogP contribution < -0.4 is 20.4 Å². The zero-order valence-corrected chi connectivity index (χ0v) is 19.2. The van der Waals surface area contributed by atoms with Gasteiger partial charge >= 0.3 is 0 Å². The zero-order valence-electron chi connectivity index (χ0n) is 19.2. The predicted octanol–water partition coefficient (Wildman–Crippen LogP) is 3.00. The van der Waals surface area contributed by atoms with Crippen LogP contribution in [0.15, 0.2) is 48.9 Å². The summed E-state index contributed by atoms with van der Waals surface area (Å²) in [5.74, 6) is 1.25. The van der Waals surface area contributed by atoms with Gasteiger partial charge in [0.2, 0.25) is 5.95 Å². The molecule has 174 valence electrons. The van der Waals surface area contributed by atoms with Gasteiger partial charge < -0.3 is 30.0 Å². The van der Waals surface area contributed by atoms with Crippen molar-refractivity contribution in [3.05, 3.63) is 60.1 Å². The fourth-order valence-electron chi connectivity index (χ4n) is 4.11. The molecule has 2 aromatic heterocycles. The molecule has 1 aromatic carbocycles. The minimum Gasteiger partial charge on any atom is -0.378 e. The Bertz CT molecular complexity index is 1190. The largest absolute Gasteiger partial charge is 0.378 e. The first-order chi connectivity index (χ1) is 16.6. The van der Waals surface area contributed by atoms with Crippen LogP contribution in [0.5, 0.6) is 0 Å². The number of hydrogen-bond donors (Lipinski definition) is 2. The standard InChI is InChI=1S/C25H27N7O2/c1-31(2)25-27-14-18(15-28-25)21-13-17-7-8-26-22(16-33)23(17)24(30-21)29-19-3-5-20(6-4-19)32-9-11-34-12-10-32/h3-8,13-16,22,26H,9-12H2,1-2H3,(H,29,30). The van der Waals surface area contributed by atoms with Crippen LogP contribution in [0.1, 0.15) is 17.2 Å². The third-order valence-corrected chi connectivity index (χ3v) is 5.92. The van der Waals surface area contributed by atoms with Gasteiger partial charge in [-0.25, -0.2) is 15.0 Å². The second-order valence-corrected chi connectivity index (χ2v) is 8.41. The number of nitrogens with zero attached hydrogens (tertiary/aromatic N) is 5. The number of aromatic nitrogens is 3. The maximum atomic E-state index is 11.8. The van der Waals surface area contributed by atoms with Crippen molar-refractivity contribution in [3.63, 3.8) is 0 Å². The molecule has 0 aliphatic carbocycles. The summed E-state index contributed by atoms with van der Waals surface area (Å²) < 4.78 is 5.45. The molecule has 1 fully saturated rings. The molecule has 1 unspecified atom stereocenters. The van der Waals surface area contributed by atoms with E-state index >= 15 is 0 Å². The van der Waals surface area contributed by atoms with Gasteiger partial charge in [0.1, 0.15) is 18.1 Å². The number of hydrogen-bond acceptors (Lipinski definition) is 9. The van der Waals surface area contributed by atoms with Gasteiger partial charge in [-0.1, -0.05) is 0 Å². The third kappa shape index (κ3) is 4.42. The van der Waals surface area contributed by atoms with Crippen molar-refractivity contribution in [2.24, 2.45) is 0 Å². The highest BCUT2D eigenvalue weighted by Crippen LogP contribution is 2.34. The molecule has 0 bridgehead atoms. The monoisotopic (exact) mass is 457 g/mol. The summed E-state index contributed by atoms with van der Waals surface area (Å²) in [6.07, 6.45) is 8.16. The molecule has 0 radical (unpaired) electrons. The van der Waals surface area contributed by atoms with Crippen LogP contribution in [0, 0.1) is 0 Å². The molecule has 2 N–H and O–H groups in total. The average molecular weight is 458 g/mol. The Hall–Kier alpha value is -3.98. The minimum atomic E-state index is -0.482. The highest BCUT2D eigenvalue weighted by molar-refractivity contribution is 5.80. The minimum absolute atomic E-state index is 0.482. The maximum Gasteiger partial charge on any atom is 0.224 e. The van der Waals surface area contributed by atoms with Crippen LogP contribution in [-0.2, 0) is 9.53 Å². The van der Waals surface area contributed by atoms with Gasteiger partial charge in [-0.3, -0.25) is 0 Å². The molecule has 0 saturated carbocycles. The Morgan fingerprint density at radius 3 is 2.56 bits per heavy atom. The second-order valence-electron chi connectivity index (χ2n) is 8.41. The molecular weight excluding hydrogens is 430 g/mol. The summed E-state index contributed by atoms with van der Waals surface area (Å²) in [4.78, 5) is 29.7. The predicted molar refractivity (Wildman–Crippen MR) is 133 cm³/mol.